The Bertz CT molecular complexity index is 866. The number of fused-ring (bicyclic) bond motifs is 2. The number of rotatable bonds is 4. The number of hydrogen-bond donors (Lipinski definition) is 0. The van der Waals surface area contributed by atoms with E-state index in [0.29, 0.717) is 0 Å². The molecule has 2 atom stereocenters. The number of ether oxygens (including phenoxy) is 4. The fraction of sp³-hybridized carbons (Fsp3) is 0.400. The monoisotopic (exact) mass is 452 g/mol. The third-order valence-electron chi connectivity index (χ3n) is 4.89. The molecule has 0 bridgehead atoms. The van der Waals surface area contributed by atoms with Crippen molar-refractivity contribution in [2.45, 2.75) is 23.3 Å². The number of thioether (sulfide) groups is 2. The van der Waals surface area contributed by atoms with Crippen LogP contribution in [0, 0.1) is 0 Å². The first-order chi connectivity index (χ1) is 14.4. The van der Waals surface area contributed by atoms with Gasteiger partial charge in [-0.05, 0) is 12.8 Å². The number of hydrogen-bond acceptors (Lipinski definition) is 10. The van der Waals surface area contributed by atoms with Gasteiger partial charge in [0, 0.05) is 9.81 Å². The van der Waals surface area contributed by atoms with E-state index in [9.17, 15) is 19.2 Å². The molecular formula is C20H20O8S2. The van der Waals surface area contributed by atoms with Crippen molar-refractivity contribution >= 4 is 47.4 Å². The van der Waals surface area contributed by atoms with Gasteiger partial charge < -0.3 is 18.9 Å². The van der Waals surface area contributed by atoms with Crippen molar-refractivity contribution in [3.8, 4) is 0 Å². The molecule has 3 aliphatic rings. The summed E-state index contributed by atoms with van der Waals surface area (Å²) in [5, 5.41) is -1.10. The van der Waals surface area contributed by atoms with Crippen LogP contribution in [0.5, 0.6) is 0 Å². The van der Waals surface area contributed by atoms with Crippen LogP contribution >= 0.6 is 23.5 Å². The van der Waals surface area contributed by atoms with E-state index in [2.05, 4.69) is 0 Å². The smallest absolute Gasteiger partial charge is 0.335 e. The fourth-order valence-electron chi connectivity index (χ4n) is 3.49. The Morgan fingerprint density at radius 1 is 0.700 bits per heavy atom. The molecule has 2 aliphatic carbocycles. The molecular weight excluding hydrogens is 432 g/mol. The highest BCUT2D eigenvalue weighted by molar-refractivity contribution is 8.12. The molecule has 0 aromatic rings. The molecule has 0 aromatic heterocycles. The topological polar surface area (TPSA) is 105 Å². The van der Waals surface area contributed by atoms with E-state index in [0.717, 1.165) is 9.81 Å². The summed E-state index contributed by atoms with van der Waals surface area (Å²) in [6.45, 7) is 0. The second kappa shape index (κ2) is 9.13. The van der Waals surface area contributed by atoms with Crippen molar-refractivity contribution in [3.63, 3.8) is 0 Å². The van der Waals surface area contributed by atoms with Crippen molar-refractivity contribution in [2.75, 3.05) is 28.4 Å². The Morgan fingerprint density at radius 2 is 1.07 bits per heavy atom. The Kier molecular flexibility index (Phi) is 6.77. The molecule has 3 rings (SSSR count). The Balaban J connectivity index is 2.09. The summed E-state index contributed by atoms with van der Waals surface area (Å²) in [5.41, 5.74) is 0.804. The summed E-state index contributed by atoms with van der Waals surface area (Å²) in [7, 11) is 4.97. The minimum absolute atomic E-state index is 0.188. The molecule has 1 aliphatic heterocycles. The van der Waals surface area contributed by atoms with Crippen LogP contribution in [0.25, 0.3) is 0 Å². The maximum Gasteiger partial charge on any atom is 0.335 e. The van der Waals surface area contributed by atoms with Crippen molar-refractivity contribution in [2.24, 2.45) is 0 Å². The number of allylic oxidation sites excluding steroid dienone is 2. The van der Waals surface area contributed by atoms with Crippen LogP contribution in [0.1, 0.15) is 12.8 Å². The van der Waals surface area contributed by atoms with Gasteiger partial charge in [-0.2, -0.15) is 0 Å². The van der Waals surface area contributed by atoms with Crippen LogP contribution in [0.2, 0.25) is 0 Å². The summed E-state index contributed by atoms with van der Waals surface area (Å²) in [5.74, 6) is -2.50. The highest BCUT2D eigenvalue weighted by Gasteiger charge is 2.45. The lowest BCUT2D eigenvalue weighted by Crippen LogP contribution is -2.34. The average Bonchev–Trinajstić information content (AvgIpc) is 2.79. The van der Waals surface area contributed by atoms with Crippen LogP contribution in [0.15, 0.2) is 44.3 Å². The molecule has 0 aromatic carbocycles. The highest BCUT2D eigenvalue weighted by atomic mass is 32.2. The SMILES string of the molecule is COC(=O)C1=C(C(=O)OC)C2SC3C(=CCC(C(=O)OC)=C3C(=O)OC)SC2=CC1. The van der Waals surface area contributed by atoms with Gasteiger partial charge in [0.1, 0.15) is 0 Å². The number of esters is 4. The van der Waals surface area contributed by atoms with Gasteiger partial charge in [-0.15, -0.1) is 11.8 Å². The molecule has 10 heteroatoms. The van der Waals surface area contributed by atoms with E-state index < -0.39 is 34.4 Å². The van der Waals surface area contributed by atoms with E-state index >= 15 is 0 Å². The third kappa shape index (κ3) is 3.81. The van der Waals surface area contributed by atoms with Gasteiger partial charge in [-0.25, -0.2) is 19.2 Å². The van der Waals surface area contributed by atoms with E-state index in [1.54, 1.807) is 0 Å². The largest absolute Gasteiger partial charge is 0.466 e. The van der Waals surface area contributed by atoms with E-state index in [1.165, 1.54) is 52.0 Å². The normalized spacial score (nSPS) is 22.8. The summed E-state index contributed by atoms with van der Waals surface area (Å²) < 4.78 is 19.5. The van der Waals surface area contributed by atoms with Gasteiger partial charge >= 0.3 is 23.9 Å². The highest BCUT2D eigenvalue weighted by Crippen LogP contribution is 2.55. The minimum Gasteiger partial charge on any atom is -0.466 e. The van der Waals surface area contributed by atoms with Gasteiger partial charge in [0.15, 0.2) is 0 Å². The predicted octanol–water partition coefficient (Wildman–Crippen LogP) is 2.06. The average molecular weight is 453 g/mol. The third-order valence-corrected chi connectivity index (χ3v) is 7.99. The summed E-state index contributed by atoms with van der Waals surface area (Å²) in [6, 6.07) is 0. The van der Waals surface area contributed by atoms with Gasteiger partial charge in [0.2, 0.25) is 0 Å². The molecule has 0 radical (unpaired) electrons. The quantitative estimate of drug-likeness (QED) is 0.465. The van der Waals surface area contributed by atoms with Crippen LogP contribution in [-0.2, 0) is 38.1 Å². The summed E-state index contributed by atoms with van der Waals surface area (Å²) >= 11 is 2.69. The minimum atomic E-state index is -0.640. The predicted molar refractivity (Wildman–Crippen MR) is 110 cm³/mol. The number of carbonyl (C=O) groups is 4. The van der Waals surface area contributed by atoms with Crippen molar-refractivity contribution in [1.29, 1.82) is 0 Å². The molecule has 1 saturated heterocycles. The first kappa shape index (κ1) is 22.2. The second-order valence-corrected chi connectivity index (χ2v) is 8.73. The molecule has 0 N–H and O–H groups in total. The Morgan fingerprint density at radius 3 is 1.40 bits per heavy atom. The Labute approximate surface area is 181 Å². The van der Waals surface area contributed by atoms with Gasteiger partial charge in [0.05, 0.1) is 61.2 Å². The molecule has 30 heavy (non-hydrogen) atoms. The molecule has 160 valence electrons. The number of methoxy groups -OCH3 is 4. The maximum absolute atomic E-state index is 12.6. The molecule has 2 unspecified atom stereocenters. The number of carbonyl (C=O) groups excluding carboxylic acids is 4. The first-order valence-electron chi connectivity index (χ1n) is 8.90. The second-order valence-electron chi connectivity index (χ2n) is 6.37. The van der Waals surface area contributed by atoms with E-state index in [-0.39, 0.29) is 35.1 Å². The van der Waals surface area contributed by atoms with Crippen LogP contribution < -0.4 is 0 Å². The van der Waals surface area contributed by atoms with Crippen molar-refractivity contribution in [3.05, 3.63) is 44.3 Å². The molecule has 0 saturated carbocycles. The first-order valence-corrected chi connectivity index (χ1v) is 10.7. The van der Waals surface area contributed by atoms with Gasteiger partial charge in [0.25, 0.3) is 0 Å². The zero-order valence-corrected chi connectivity index (χ0v) is 18.4. The Hall–Kier alpha value is -2.46. The van der Waals surface area contributed by atoms with Crippen molar-refractivity contribution < 1.29 is 38.1 Å². The molecule has 1 fully saturated rings. The van der Waals surface area contributed by atoms with Gasteiger partial charge in [-0.3, -0.25) is 0 Å². The van der Waals surface area contributed by atoms with Gasteiger partial charge in [-0.1, -0.05) is 23.9 Å². The lowest BCUT2D eigenvalue weighted by atomic mass is 9.95. The van der Waals surface area contributed by atoms with Crippen molar-refractivity contribution in [1.82, 2.24) is 0 Å². The molecule has 0 spiro atoms. The van der Waals surface area contributed by atoms with Crippen LogP contribution in [0.3, 0.4) is 0 Å². The zero-order chi connectivity index (χ0) is 22.0. The molecule has 0 amide bonds. The van der Waals surface area contributed by atoms with Crippen LogP contribution in [-0.4, -0.2) is 62.8 Å². The zero-order valence-electron chi connectivity index (χ0n) is 16.8. The summed E-state index contributed by atoms with van der Waals surface area (Å²) in [4.78, 5) is 51.4. The standard InChI is InChI=1S/C20H20O8S2/c1-25-17(21)9-5-7-11-15(13(9)19(23)27-3)30-16-12(29-11)8-6-10(18(22)26-2)14(16)20(24)28-4/h7-8,15-16H,5-6H2,1-4H3. The summed E-state index contributed by atoms with van der Waals surface area (Å²) in [6.07, 6.45) is 4.22. The van der Waals surface area contributed by atoms with Crippen LogP contribution in [0.4, 0.5) is 0 Å². The van der Waals surface area contributed by atoms with E-state index in [4.69, 9.17) is 18.9 Å². The lowest BCUT2D eigenvalue weighted by molar-refractivity contribution is -0.139. The molecule has 1 heterocycles. The maximum atomic E-state index is 12.6. The molecule has 8 nitrogen and oxygen atoms in total. The fourth-order valence-corrected chi connectivity index (χ4v) is 6.65. The lowest BCUT2D eigenvalue weighted by Gasteiger charge is -2.38. The van der Waals surface area contributed by atoms with E-state index in [1.807, 2.05) is 12.2 Å².